The largest absolute Gasteiger partial charge is 0.495 e. The first kappa shape index (κ1) is 13.5. The van der Waals surface area contributed by atoms with Gasteiger partial charge in [-0.25, -0.2) is 0 Å². The van der Waals surface area contributed by atoms with Crippen molar-refractivity contribution in [3.63, 3.8) is 0 Å². The molecule has 0 saturated carbocycles. The molecule has 1 unspecified atom stereocenters. The number of aliphatic imine (C=N–C) groups is 1. The third kappa shape index (κ3) is 2.29. The zero-order chi connectivity index (χ0) is 14.1. The third-order valence-corrected chi connectivity index (χ3v) is 5.04. The molecule has 2 aromatic rings. The van der Waals surface area contributed by atoms with E-state index in [2.05, 4.69) is 32.4 Å². The molecular weight excluding hydrogens is 338 g/mol. The molecule has 1 aromatic heterocycles. The Morgan fingerprint density at radius 2 is 2.25 bits per heavy atom. The first-order chi connectivity index (χ1) is 9.70. The number of ether oxygens (including phenoxy) is 1. The molecule has 1 atom stereocenters. The van der Waals surface area contributed by atoms with E-state index in [-0.39, 0.29) is 6.04 Å². The number of para-hydroxylation sites is 2. The van der Waals surface area contributed by atoms with Gasteiger partial charge in [0.05, 0.1) is 25.4 Å². The van der Waals surface area contributed by atoms with Gasteiger partial charge < -0.3 is 10.5 Å². The molecule has 0 saturated heterocycles. The lowest BCUT2D eigenvalue weighted by Crippen LogP contribution is -2.36. The van der Waals surface area contributed by atoms with Gasteiger partial charge in [-0.3, -0.25) is 9.89 Å². The zero-order valence-corrected chi connectivity index (χ0v) is 13.3. The molecule has 1 aliphatic rings. The lowest BCUT2D eigenvalue weighted by Gasteiger charge is -2.27. The van der Waals surface area contributed by atoms with E-state index >= 15 is 0 Å². The Hall–Kier alpha value is -1.53. The van der Waals surface area contributed by atoms with Gasteiger partial charge in [0.15, 0.2) is 5.96 Å². The number of halogens is 1. The molecule has 1 aromatic carbocycles. The average Bonchev–Trinajstić information content (AvgIpc) is 3.04. The summed E-state index contributed by atoms with van der Waals surface area (Å²) in [6.45, 7) is 0.664. The van der Waals surface area contributed by atoms with E-state index in [0.29, 0.717) is 12.5 Å². The summed E-state index contributed by atoms with van der Waals surface area (Å²) in [4.78, 5) is 7.66. The number of nitrogens with zero attached hydrogens (tertiary/aromatic N) is 2. The Balaban J connectivity index is 2.02. The van der Waals surface area contributed by atoms with Crippen molar-refractivity contribution < 1.29 is 4.74 Å². The quantitative estimate of drug-likeness (QED) is 0.921. The predicted octanol–water partition coefficient (Wildman–Crippen LogP) is 3.40. The highest BCUT2D eigenvalue weighted by molar-refractivity contribution is 9.10. The van der Waals surface area contributed by atoms with Crippen molar-refractivity contribution in [3.05, 3.63) is 45.1 Å². The molecule has 6 heteroatoms. The first-order valence-corrected chi connectivity index (χ1v) is 7.84. The van der Waals surface area contributed by atoms with E-state index in [9.17, 15) is 0 Å². The summed E-state index contributed by atoms with van der Waals surface area (Å²) >= 11 is 5.20. The highest BCUT2D eigenvalue weighted by Gasteiger charge is 2.31. The molecule has 0 spiro atoms. The molecule has 4 nitrogen and oxygen atoms in total. The minimum absolute atomic E-state index is 0.127. The van der Waals surface area contributed by atoms with Crippen molar-refractivity contribution in [1.29, 1.82) is 0 Å². The fraction of sp³-hybridized carbons (Fsp3) is 0.214. The SMILES string of the molecule is COc1ccccc1N1C(N)=NCC1c1cc(Br)cs1. The molecular formula is C14H14BrN3OS. The van der Waals surface area contributed by atoms with Crippen LogP contribution in [0.1, 0.15) is 10.9 Å². The standard InChI is InChI=1S/C14H14BrN3OS/c1-19-12-5-3-2-4-10(12)18-11(7-17-14(18)16)13-6-9(15)8-20-13/h2-6,8,11H,7H2,1H3,(H2,16,17). The summed E-state index contributed by atoms with van der Waals surface area (Å²) in [6.07, 6.45) is 0. The Morgan fingerprint density at radius 3 is 2.95 bits per heavy atom. The molecule has 0 amide bonds. The number of benzene rings is 1. The molecule has 20 heavy (non-hydrogen) atoms. The molecule has 104 valence electrons. The highest BCUT2D eigenvalue weighted by atomic mass is 79.9. The maximum absolute atomic E-state index is 6.08. The molecule has 2 heterocycles. The van der Waals surface area contributed by atoms with E-state index in [0.717, 1.165) is 15.9 Å². The van der Waals surface area contributed by atoms with Crippen molar-refractivity contribution >= 4 is 38.9 Å². The summed E-state index contributed by atoms with van der Waals surface area (Å²) < 4.78 is 6.52. The van der Waals surface area contributed by atoms with Crippen LogP contribution in [-0.2, 0) is 0 Å². The normalized spacial score (nSPS) is 18.2. The second-order valence-electron chi connectivity index (χ2n) is 4.42. The first-order valence-electron chi connectivity index (χ1n) is 6.17. The van der Waals surface area contributed by atoms with Gasteiger partial charge in [0.1, 0.15) is 5.75 Å². The van der Waals surface area contributed by atoms with Gasteiger partial charge in [-0.15, -0.1) is 11.3 Å². The van der Waals surface area contributed by atoms with E-state index in [1.54, 1.807) is 18.4 Å². The van der Waals surface area contributed by atoms with Crippen molar-refractivity contribution in [2.75, 3.05) is 18.6 Å². The van der Waals surface area contributed by atoms with Crippen LogP contribution >= 0.6 is 27.3 Å². The molecule has 3 rings (SSSR count). The van der Waals surface area contributed by atoms with Crippen LogP contribution in [0, 0.1) is 0 Å². The molecule has 1 aliphatic heterocycles. The second kappa shape index (κ2) is 5.46. The summed E-state index contributed by atoms with van der Waals surface area (Å²) in [6, 6.07) is 10.1. The molecule has 2 N–H and O–H groups in total. The van der Waals surface area contributed by atoms with Crippen molar-refractivity contribution in [2.45, 2.75) is 6.04 Å². The van der Waals surface area contributed by atoms with Crippen LogP contribution in [0.3, 0.4) is 0 Å². The summed E-state index contributed by atoms with van der Waals surface area (Å²) in [5.41, 5.74) is 7.03. The van der Waals surface area contributed by atoms with E-state index in [1.165, 1.54) is 4.88 Å². The van der Waals surface area contributed by atoms with Crippen LogP contribution in [0.4, 0.5) is 5.69 Å². The summed E-state index contributed by atoms with van der Waals surface area (Å²) in [7, 11) is 1.67. The number of hydrogen-bond acceptors (Lipinski definition) is 5. The number of rotatable bonds is 3. The Morgan fingerprint density at radius 1 is 1.45 bits per heavy atom. The van der Waals surface area contributed by atoms with E-state index < -0.39 is 0 Å². The van der Waals surface area contributed by atoms with Gasteiger partial charge in [-0.1, -0.05) is 12.1 Å². The molecule has 0 aliphatic carbocycles. The monoisotopic (exact) mass is 351 g/mol. The number of guanidine groups is 1. The van der Waals surface area contributed by atoms with Crippen molar-refractivity contribution in [2.24, 2.45) is 10.7 Å². The maximum atomic E-state index is 6.08. The number of methoxy groups -OCH3 is 1. The van der Waals surface area contributed by atoms with Gasteiger partial charge in [0.25, 0.3) is 0 Å². The van der Waals surface area contributed by atoms with Crippen molar-refractivity contribution in [3.8, 4) is 5.75 Å². The topological polar surface area (TPSA) is 50.9 Å². The predicted molar refractivity (Wildman–Crippen MR) is 86.7 cm³/mol. The third-order valence-electron chi connectivity index (χ3n) is 3.25. The van der Waals surface area contributed by atoms with Gasteiger partial charge >= 0.3 is 0 Å². The number of hydrogen-bond donors (Lipinski definition) is 1. The van der Waals surface area contributed by atoms with Gasteiger partial charge in [-0.05, 0) is 34.1 Å². The lowest BCUT2D eigenvalue weighted by atomic mass is 10.2. The molecule has 0 bridgehead atoms. The zero-order valence-electron chi connectivity index (χ0n) is 10.9. The highest BCUT2D eigenvalue weighted by Crippen LogP contribution is 2.39. The van der Waals surface area contributed by atoms with Crippen LogP contribution in [0.25, 0.3) is 0 Å². The number of thiophene rings is 1. The minimum Gasteiger partial charge on any atom is -0.495 e. The Kier molecular flexibility index (Phi) is 3.67. The van der Waals surface area contributed by atoms with Crippen LogP contribution in [0.5, 0.6) is 5.75 Å². The minimum atomic E-state index is 0.127. The van der Waals surface area contributed by atoms with Crippen LogP contribution in [-0.4, -0.2) is 19.6 Å². The van der Waals surface area contributed by atoms with Gasteiger partial charge in [0.2, 0.25) is 0 Å². The van der Waals surface area contributed by atoms with Crippen LogP contribution in [0.15, 0.2) is 45.2 Å². The lowest BCUT2D eigenvalue weighted by molar-refractivity contribution is 0.415. The van der Waals surface area contributed by atoms with E-state index in [1.807, 2.05) is 29.2 Å². The second-order valence-corrected chi connectivity index (χ2v) is 6.28. The van der Waals surface area contributed by atoms with Crippen molar-refractivity contribution in [1.82, 2.24) is 0 Å². The number of nitrogens with two attached hydrogens (primary N) is 1. The van der Waals surface area contributed by atoms with Crippen LogP contribution in [0.2, 0.25) is 0 Å². The van der Waals surface area contributed by atoms with Crippen LogP contribution < -0.4 is 15.4 Å². The number of anilines is 1. The molecule has 0 radical (unpaired) electrons. The smallest absolute Gasteiger partial charge is 0.196 e. The summed E-state index contributed by atoms with van der Waals surface area (Å²) in [5.74, 6) is 1.33. The fourth-order valence-corrected chi connectivity index (χ4v) is 3.87. The summed E-state index contributed by atoms with van der Waals surface area (Å²) in [5, 5.41) is 2.07. The Bertz CT molecular complexity index is 655. The van der Waals surface area contributed by atoms with Gasteiger partial charge in [-0.2, -0.15) is 0 Å². The maximum Gasteiger partial charge on any atom is 0.196 e. The van der Waals surface area contributed by atoms with E-state index in [4.69, 9.17) is 10.5 Å². The fourth-order valence-electron chi connectivity index (χ4n) is 2.34. The molecule has 0 fully saturated rings. The average molecular weight is 352 g/mol. The van der Waals surface area contributed by atoms with Gasteiger partial charge in [0, 0.05) is 14.7 Å². The Labute approximate surface area is 130 Å².